The van der Waals surface area contributed by atoms with E-state index < -0.39 is 0 Å². The number of nitrogens with one attached hydrogen (secondary N) is 1. The Morgan fingerprint density at radius 2 is 1.79 bits per heavy atom. The second kappa shape index (κ2) is 6.67. The molecule has 0 radical (unpaired) electrons. The number of hydrogen-bond donors (Lipinski definition) is 1. The summed E-state index contributed by atoms with van der Waals surface area (Å²) in [6.07, 6.45) is 7.69. The van der Waals surface area contributed by atoms with Gasteiger partial charge in [0.05, 0.1) is 10.0 Å². The van der Waals surface area contributed by atoms with E-state index in [0.717, 1.165) is 5.82 Å². The molecule has 3 nitrogen and oxygen atoms in total. The number of hydrogen-bond acceptors (Lipinski definition) is 3. The topological polar surface area (TPSA) is 28.2 Å². The van der Waals surface area contributed by atoms with Crippen molar-refractivity contribution in [3.63, 3.8) is 0 Å². The predicted molar refractivity (Wildman–Crippen MR) is 83.7 cm³/mol. The van der Waals surface area contributed by atoms with E-state index in [9.17, 15) is 0 Å². The van der Waals surface area contributed by atoms with Gasteiger partial charge in [-0.25, -0.2) is 4.98 Å². The molecule has 106 valence electrons. The van der Waals surface area contributed by atoms with Gasteiger partial charge in [-0.05, 0) is 18.9 Å². The van der Waals surface area contributed by atoms with Crippen LogP contribution in [0.15, 0.2) is 6.07 Å². The van der Waals surface area contributed by atoms with Crippen LogP contribution in [0.5, 0.6) is 0 Å². The Labute approximate surface area is 125 Å². The molecule has 0 unspecified atom stereocenters. The normalized spacial score (nSPS) is 17.1. The van der Waals surface area contributed by atoms with Crippen LogP contribution >= 0.6 is 23.2 Å². The van der Waals surface area contributed by atoms with Crippen molar-refractivity contribution in [1.29, 1.82) is 0 Å². The van der Waals surface area contributed by atoms with Gasteiger partial charge in [0.25, 0.3) is 0 Å². The first-order valence-corrected chi connectivity index (χ1v) is 7.65. The Bertz CT molecular complexity index is 429. The van der Waals surface area contributed by atoms with Crippen molar-refractivity contribution in [2.45, 2.75) is 44.6 Å². The van der Waals surface area contributed by atoms with Gasteiger partial charge >= 0.3 is 0 Å². The third-order valence-corrected chi connectivity index (χ3v) is 4.42. The molecule has 0 bridgehead atoms. The molecule has 1 N–H and O–H groups in total. The van der Waals surface area contributed by atoms with Crippen molar-refractivity contribution < 1.29 is 0 Å². The number of rotatable bonds is 3. The van der Waals surface area contributed by atoms with Crippen LogP contribution in [0.3, 0.4) is 0 Å². The Balaban J connectivity index is 2.24. The largest absolute Gasteiger partial charge is 0.372 e. The molecule has 1 aromatic rings. The molecule has 1 aromatic heterocycles. The highest BCUT2D eigenvalue weighted by Gasteiger charge is 2.21. The third kappa shape index (κ3) is 3.46. The minimum absolute atomic E-state index is 0.526. The van der Waals surface area contributed by atoms with E-state index in [2.05, 4.69) is 22.2 Å². The summed E-state index contributed by atoms with van der Waals surface area (Å²) in [6.45, 7) is 0. The van der Waals surface area contributed by atoms with Crippen LogP contribution in [0.1, 0.15) is 38.5 Å². The first-order chi connectivity index (χ1) is 9.13. The molecule has 5 heteroatoms. The second-order valence-electron chi connectivity index (χ2n) is 5.13. The highest BCUT2D eigenvalue weighted by molar-refractivity contribution is 6.37. The highest BCUT2D eigenvalue weighted by atomic mass is 35.5. The van der Waals surface area contributed by atoms with E-state index in [1.165, 1.54) is 38.5 Å². The van der Waals surface area contributed by atoms with Gasteiger partial charge in [-0.3, -0.25) is 0 Å². The van der Waals surface area contributed by atoms with Gasteiger partial charge in [-0.1, -0.05) is 48.9 Å². The Morgan fingerprint density at radius 3 is 2.37 bits per heavy atom. The molecule has 1 aliphatic carbocycles. The lowest BCUT2D eigenvalue weighted by molar-refractivity contribution is 0.549. The average Bonchev–Trinajstić information content (AvgIpc) is 2.67. The van der Waals surface area contributed by atoms with Gasteiger partial charge in [0.2, 0.25) is 0 Å². The number of nitrogens with zero attached hydrogens (tertiary/aromatic N) is 2. The molecule has 1 aliphatic rings. The van der Waals surface area contributed by atoms with Crippen molar-refractivity contribution in [3.8, 4) is 0 Å². The Kier molecular flexibility index (Phi) is 5.17. The average molecular weight is 302 g/mol. The van der Waals surface area contributed by atoms with Crippen LogP contribution in [-0.2, 0) is 0 Å². The van der Waals surface area contributed by atoms with E-state index in [-0.39, 0.29) is 0 Å². The fraction of sp³-hybridized carbons (Fsp3) is 0.643. The number of pyridine rings is 1. The monoisotopic (exact) mass is 301 g/mol. The van der Waals surface area contributed by atoms with Crippen LogP contribution in [0.2, 0.25) is 10.0 Å². The maximum atomic E-state index is 6.30. The standard InChI is InChI=1S/C14H21Cl2N3/c1-17-13-11(15)9-12(16)14(18-13)19(2)10-7-5-3-4-6-8-10/h9-10H,3-8H2,1-2H3,(H,17,18). The Morgan fingerprint density at radius 1 is 1.16 bits per heavy atom. The first kappa shape index (κ1) is 14.7. The minimum atomic E-state index is 0.526. The van der Waals surface area contributed by atoms with Crippen molar-refractivity contribution in [1.82, 2.24) is 4.98 Å². The van der Waals surface area contributed by atoms with Gasteiger partial charge in [-0.2, -0.15) is 0 Å². The summed E-state index contributed by atoms with van der Waals surface area (Å²) < 4.78 is 0. The Hall–Kier alpha value is -0.670. The summed E-state index contributed by atoms with van der Waals surface area (Å²) in [5.74, 6) is 1.50. The molecule has 0 spiro atoms. The van der Waals surface area contributed by atoms with Crippen molar-refractivity contribution >= 4 is 34.8 Å². The van der Waals surface area contributed by atoms with E-state index in [1.54, 1.807) is 6.07 Å². The van der Waals surface area contributed by atoms with Gasteiger partial charge in [0, 0.05) is 20.1 Å². The first-order valence-electron chi connectivity index (χ1n) is 6.90. The number of aromatic nitrogens is 1. The molecule has 1 heterocycles. The second-order valence-corrected chi connectivity index (χ2v) is 5.94. The fourth-order valence-corrected chi connectivity index (χ4v) is 3.28. The molecule has 1 saturated carbocycles. The molecule has 19 heavy (non-hydrogen) atoms. The van der Waals surface area contributed by atoms with Gasteiger partial charge in [0.1, 0.15) is 11.6 Å². The minimum Gasteiger partial charge on any atom is -0.372 e. The highest BCUT2D eigenvalue weighted by Crippen LogP contribution is 2.33. The molecule has 0 amide bonds. The maximum Gasteiger partial charge on any atom is 0.149 e. The lowest BCUT2D eigenvalue weighted by atomic mass is 10.1. The summed E-state index contributed by atoms with van der Waals surface area (Å²) in [4.78, 5) is 6.76. The SMILES string of the molecule is CNc1nc(N(C)C2CCCCCC2)c(Cl)cc1Cl. The van der Waals surface area contributed by atoms with Crippen molar-refractivity contribution in [2.75, 3.05) is 24.3 Å². The zero-order valence-corrected chi connectivity index (χ0v) is 13.1. The van der Waals surface area contributed by atoms with E-state index in [4.69, 9.17) is 23.2 Å². The van der Waals surface area contributed by atoms with Crippen LogP contribution in [0.25, 0.3) is 0 Å². The smallest absolute Gasteiger partial charge is 0.149 e. The van der Waals surface area contributed by atoms with Crippen LogP contribution < -0.4 is 10.2 Å². The predicted octanol–water partition coefficient (Wildman–Crippen LogP) is 4.59. The van der Waals surface area contributed by atoms with E-state index >= 15 is 0 Å². The zero-order valence-electron chi connectivity index (χ0n) is 11.5. The summed E-state index contributed by atoms with van der Waals surface area (Å²) in [5, 5.41) is 4.19. The van der Waals surface area contributed by atoms with Crippen molar-refractivity contribution in [3.05, 3.63) is 16.1 Å². The van der Waals surface area contributed by atoms with Crippen LogP contribution in [0, 0.1) is 0 Å². The number of anilines is 2. The summed E-state index contributed by atoms with van der Waals surface area (Å²) in [7, 11) is 3.90. The fourth-order valence-electron chi connectivity index (χ4n) is 2.70. The molecular weight excluding hydrogens is 281 g/mol. The van der Waals surface area contributed by atoms with Gasteiger partial charge < -0.3 is 10.2 Å². The van der Waals surface area contributed by atoms with Gasteiger partial charge in [-0.15, -0.1) is 0 Å². The number of halogens is 2. The zero-order chi connectivity index (χ0) is 13.8. The van der Waals surface area contributed by atoms with E-state index in [0.29, 0.717) is 21.9 Å². The molecule has 0 aliphatic heterocycles. The lowest BCUT2D eigenvalue weighted by Gasteiger charge is -2.29. The molecule has 0 atom stereocenters. The van der Waals surface area contributed by atoms with Crippen LogP contribution in [0.4, 0.5) is 11.6 Å². The summed E-state index contributed by atoms with van der Waals surface area (Å²) in [5.41, 5.74) is 0. The quantitative estimate of drug-likeness (QED) is 0.828. The van der Waals surface area contributed by atoms with Gasteiger partial charge in [0.15, 0.2) is 0 Å². The van der Waals surface area contributed by atoms with Crippen molar-refractivity contribution in [2.24, 2.45) is 0 Å². The molecule has 2 rings (SSSR count). The van der Waals surface area contributed by atoms with E-state index in [1.807, 2.05) is 7.05 Å². The third-order valence-electron chi connectivity index (χ3n) is 3.85. The molecule has 0 saturated heterocycles. The molecule has 0 aromatic carbocycles. The maximum absolute atomic E-state index is 6.30. The molecular formula is C14H21Cl2N3. The summed E-state index contributed by atoms with van der Waals surface area (Å²) >= 11 is 12.4. The lowest BCUT2D eigenvalue weighted by Crippen LogP contribution is -2.32. The summed E-state index contributed by atoms with van der Waals surface area (Å²) in [6, 6.07) is 2.29. The van der Waals surface area contributed by atoms with Crippen LogP contribution in [-0.4, -0.2) is 25.1 Å². The molecule has 1 fully saturated rings.